The van der Waals surface area contributed by atoms with Crippen LogP contribution in [0.25, 0.3) is 100 Å². The maximum absolute atomic E-state index is 6.58. The monoisotopic (exact) mass is 1280 g/mol. The topological polar surface area (TPSA) is 18.5 Å². The average Bonchev–Trinajstić information content (AvgIpc) is 1.49. The van der Waals surface area contributed by atoms with E-state index in [-0.39, 0.29) is 28.5 Å². The van der Waals surface area contributed by atoms with Crippen LogP contribution >= 0.6 is 0 Å². The summed E-state index contributed by atoms with van der Waals surface area (Å²) in [5.74, 6) is 1.52. The molecule has 0 N–H and O–H groups in total. The van der Waals surface area contributed by atoms with Gasteiger partial charge in [-0.15, -0.1) is 0 Å². The smallest absolute Gasteiger partial charge is 0.231 e. The van der Waals surface area contributed by atoms with Gasteiger partial charge in [-0.25, -0.2) is 0 Å². The van der Waals surface area contributed by atoms with Crippen molar-refractivity contribution in [1.29, 1.82) is 0 Å². The Labute approximate surface area is 585 Å². The third-order valence-corrected chi connectivity index (χ3v) is 22.2. The molecular weight excluding hydrogens is 1200 g/mol. The molecule has 1 aliphatic heterocycles. The van der Waals surface area contributed by atoms with Gasteiger partial charge in [0.25, 0.3) is 0 Å². The maximum atomic E-state index is 6.58. The molecule has 0 aromatic heterocycles. The van der Waals surface area contributed by atoms with Crippen LogP contribution in [0.15, 0.2) is 279 Å². The number of ether oxygens (including phenoxy) is 2. The van der Waals surface area contributed by atoms with E-state index in [9.17, 15) is 0 Å². The molecule has 0 unspecified atom stereocenters. The number of rotatable bonds is 8. The molecule has 0 saturated carbocycles. The summed E-state index contributed by atoms with van der Waals surface area (Å²) in [6, 6.07) is 108. The fraction of sp³-hybridized carbons (Fsp3) is 0.196. The summed E-state index contributed by atoms with van der Waals surface area (Å²) in [6.45, 7) is 27.6. The predicted molar refractivity (Wildman–Crippen MR) is 414 cm³/mol. The lowest BCUT2D eigenvalue weighted by Crippen LogP contribution is -2.29. The zero-order valence-electron chi connectivity index (χ0n) is 59.1. The van der Waals surface area contributed by atoms with Gasteiger partial charge in [-0.2, -0.15) is 0 Å². The van der Waals surface area contributed by atoms with E-state index >= 15 is 0 Å². The normalized spacial score (nSPS) is 14.3. The van der Waals surface area contributed by atoms with Gasteiger partial charge in [0.2, 0.25) is 6.79 Å². The lowest BCUT2D eigenvalue weighted by atomic mass is 9.66. The molecule has 4 aliphatic rings. The van der Waals surface area contributed by atoms with Crippen molar-refractivity contribution in [3.05, 3.63) is 346 Å². The Kier molecular flexibility index (Phi) is 14.1. The van der Waals surface area contributed by atoms with E-state index in [1.807, 2.05) is 0 Å². The average molecular weight is 1280 g/mol. The quantitative estimate of drug-likeness (QED) is 0.151. The molecule has 0 amide bonds. The highest BCUT2D eigenvalue weighted by Gasteiger charge is 2.56. The highest BCUT2D eigenvalue weighted by atomic mass is 16.7. The van der Waals surface area contributed by atoms with Gasteiger partial charge in [0, 0.05) is 0 Å². The molecule has 3 aliphatic carbocycles. The molecule has 17 rings (SSSR count). The van der Waals surface area contributed by atoms with Gasteiger partial charge in [0.1, 0.15) is 0 Å². The minimum absolute atomic E-state index is 0.0238. The first kappa shape index (κ1) is 62.0. The molecule has 484 valence electrons. The van der Waals surface area contributed by atoms with E-state index in [1.54, 1.807) is 0 Å². The van der Waals surface area contributed by atoms with Crippen LogP contribution in [0.4, 0.5) is 0 Å². The summed E-state index contributed by atoms with van der Waals surface area (Å²) in [5.41, 5.74) is 35.4. The molecule has 2 nitrogen and oxygen atoms in total. The zero-order valence-corrected chi connectivity index (χ0v) is 59.1. The van der Waals surface area contributed by atoms with Gasteiger partial charge in [0.15, 0.2) is 11.5 Å². The summed E-state index contributed by atoms with van der Waals surface area (Å²) in [5, 5.41) is 0. The molecule has 99 heavy (non-hydrogen) atoms. The van der Waals surface area contributed by atoms with Crippen molar-refractivity contribution in [2.75, 3.05) is 6.79 Å². The van der Waals surface area contributed by atoms with Crippen LogP contribution in [0.5, 0.6) is 11.5 Å². The number of hydrogen-bond donors (Lipinski definition) is 0. The second-order valence-electron chi connectivity index (χ2n) is 32.4. The molecule has 2 heteroatoms. The Morgan fingerprint density at radius 3 is 0.909 bits per heavy atom. The standard InChI is InChI=1S/C97H84O2/c1-92(2,3)72-39-31-60(32-40-72)66-49-67(61-33-41-73(42-34-61)93(4,5)6)52-70(51-66)64-21-19-23-76(55-64)96(77-24-20-22-65(56-77)71-53-68(62-35-43-74(44-36-62)94(7,8)9)50-69(54-71)63-37-45-75(46-38-63)95(10,11)12)85-47-48-86-90(91(85)81-57-88-89(58-87(81)96)99-59-98-88)80-27-15-18-30-84(80)97(86)82-28-16-13-25-78(82)79-26-14-17-29-83(79)97/h13-58H,59H2,1-12H3. The van der Waals surface area contributed by atoms with Crippen molar-refractivity contribution < 1.29 is 9.47 Å². The van der Waals surface area contributed by atoms with Crippen LogP contribution in [0.3, 0.4) is 0 Å². The lowest BCUT2D eigenvalue weighted by molar-refractivity contribution is 0.174. The minimum Gasteiger partial charge on any atom is -0.454 e. The summed E-state index contributed by atoms with van der Waals surface area (Å²) >= 11 is 0. The Bertz CT molecular complexity index is 4990. The van der Waals surface area contributed by atoms with Crippen LogP contribution in [-0.2, 0) is 32.5 Å². The van der Waals surface area contributed by atoms with Crippen molar-refractivity contribution in [2.24, 2.45) is 0 Å². The molecule has 0 saturated heterocycles. The second-order valence-corrected chi connectivity index (χ2v) is 32.4. The van der Waals surface area contributed by atoms with Gasteiger partial charge in [0.05, 0.1) is 10.8 Å². The van der Waals surface area contributed by atoms with Crippen molar-refractivity contribution >= 4 is 0 Å². The van der Waals surface area contributed by atoms with E-state index < -0.39 is 10.8 Å². The van der Waals surface area contributed by atoms with Crippen molar-refractivity contribution in [2.45, 2.75) is 116 Å². The van der Waals surface area contributed by atoms with Gasteiger partial charge in [-0.3, -0.25) is 0 Å². The van der Waals surface area contributed by atoms with E-state index in [0.717, 1.165) is 56.0 Å². The molecule has 0 fully saturated rings. The van der Waals surface area contributed by atoms with E-state index in [1.165, 1.54) is 122 Å². The predicted octanol–water partition coefficient (Wildman–Crippen LogP) is 25.3. The van der Waals surface area contributed by atoms with Gasteiger partial charge >= 0.3 is 0 Å². The van der Waals surface area contributed by atoms with E-state index in [2.05, 4.69) is 362 Å². The third kappa shape index (κ3) is 9.94. The van der Waals surface area contributed by atoms with Crippen LogP contribution in [0.2, 0.25) is 0 Å². The summed E-state index contributed by atoms with van der Waals surface area (Å²) in [6.07, 6.45) is 0. The SMILES string of the molecule is CC(C)(C)c1ccc(-c2cc(-c3ccc(C(C)(C)C)cc3)cc(-c3cccc(C4(c5cccc(-c6cc(-c7ccc(C(C)(C)C)cc7)cc(-c7ccc(C(C)(C)C)cc7)c6)c5)c5cc6c(cc5-c5c4ccc4c5-c5ccccc5C45c4ccccc4-c4ccccc45)OCO6)c3)c2)cc1. The second kappa shape index (κ2) is 22.5. The Balaban J connectivity index is 0.938. The van der Waals surface area contributed by atoms with Crippen LogP contribution in [0, 0.1) is 0 Å². The highest BCUT2D eigenvalue weighted by molar-refractivity contribution is 6.05. The van der Waals surface area contributed by atoms with Gasteiger partial charge < -0.3 is 9.47 Å². The zero-order chi connectivity index (χ0) is 68.1. The fourth-order valence-corrected chi connectivity index (χ4v) is 16.9. The molecular formula is C97H84O2. The van der Waals surface area contributed by atoms with Crippen molar-refractivity contribution in [3.63, 3.8) is 0 Å². The Morgan fingerprint density at radius 1 is 0.222 bits per heavy atom. The summed E-state index contributed by atoms with van der Waals surface area (Å²) in [7, 11) is 0. The fourth-order valence-electron chi connectivity index (χ4n) is 16.9. The largest absolute Gasteiger partial charge is 0.454 e. The van der Waals surface area contributed by atoms with Crippen LogP contribution in [0.1, 0.15) is 150 Å². The van der Waals surface area contributed by atoms with Gasteiger partial charge in [-0.1, -0.05) is 301 Å². The number of hydrogen-bond acceptors (Lipinski definition) is 2. The first-order valence-electron chi connectivity index (χ1n) is 35.4. The molecule has 1 heterocycles. The maximum Gasteiger partial charge on any atom is 0.231 e. The van der Waals surface area contributed by atoms with E-state index in [4.69, 9.17) is 9.47 Å². The van der Waals surface area contributed by atoms with Crippen LogP contribution < -0.4 is 9.47 Å². The molecule has 13 aromatic carbocycles. The minimum atomic E-state index is -0.902. The van der Waals surface area contributed by atoms with Gasteiger partial charge in [-0.05, 0) is 249 Å². The van der Waals surface area contributed by atoms with E-state index in [0.29, 0.717) is 0 Å². The summed E-state index contributed by atoms with van der Waals surface area (Å²) in [4.78, 5) is 0. The molecule has 1 spiro atoms. The number of fused-ring (bicyclic) bond motifs is 15. The molecule has 0 radical (unpaired) electrons. The highest BCUT2D eigenvalue weighted by Crippen LogP contribution is 2.68. The molecule has 0 bridgehead atoms. The van der Waals surface area contributed by atoms with Crippen molar-refractivity contribution in [1.82, 2.24) is 0 Å². The van der Waals surface area contributed by atoms with Crippen molar-refractivity contribution in [3.8, 4) is 112 Å². The third-order valence-electron chi connectivity index (χ3n) is 22.2. The Hall–Kier alpha value is -10.5. The summed E-state index contributed by atoms with van der Waals surface area (Å²) < 4.78 is 13.1. The first-order chi connectivity index (χ1) is 47.5. The first-order valence-corrected chi connectivity index (χ1v) is 35.4. The Morgan fingerprint density at radius 2 is 0.535 bits per heavy atom. The number of benzene rings is 13. The molecule has 13 aromatic rings. The molecule has 0 atom stereocenters. The lowest BCUT2D eigenvalue weighted by Gasteiger charge is -2.35. The van der Waals surface area contributed by atoms with Crippen LogP contribution in [-0.4, -0.2) is 6.79 Å².